The molecule has 7 nitrogen and oxygen atoms in total. The van der Waals surface area contributed by atoms with E-state index in [0.717, 1.165) is 0 Å². The minimum Gasteiger partial charge on any atom is -0.338 e. The normalized spacial score (nSPS) is 16.6. The van der Waals surface area contributed by atoms with Crippen molar-refractivity contribution in [1.29, 1.82) is 0 Å². The Bertz CT molecular complexity index is 1080. The molecule has 0 radical (unpaired) electrons. The van der Waals surface area contributed by atoms with E-state index in [0.29, 0.717) is 17.0 Å². The molecule has 0 fully saturated rings. The smallest absolute Gasteiger partial charge is 0.338 e. The van der Waals surface area contributed by atoms with Gasteiger partial charge in [-0.05, 0) is 25.1 Å². The first-order valence-corrected chi connectivity index (χ1v) is 9.40. The van der Waals surface area contributed by atoms with Crippen LogP contribution in [0, 0.1) is 0 Å². The summed E-state index contributed by atoms with van der Waals surface area (Å²) in [5.74, 6) is -1.17. The Morgan fingerprint density at radius 1 is 1.34 bits per heavy atom. The third-order valence-electron chi connectivity index (χ3n) is 4.46. The van der Waals surface area contributed by atoms with Crippen LogP contribution >= 0.6 is 11.3 Å². The van der Waals surface area contributed by atoms with E-state index in [1.54, 1.807) is 29.1 Å². The Morgan fingerprint density at radius 3 is 2.79 bits per heavy atom. The quantitative estimate of drug-likeness (QED) is 0.697. The molecule has 0 bridgehead atoms. The first kappa shape index (κ1) is 19.1. The second-order valence-corrected chi connectivity index (χ2v) is 7.31. The van der Waals surface area contributed by atoms with Gasteiger partial charge in [-0.25, -0.2) is 4.98 Å². The van der Waals surface area contributed by atoms with Crippen LogP contribution in [0.2, 0.25) is 0 Å². The fourth-order valence-electron chi connectivity index (χ4n) is 3.14. The summed E-state index contributed by atoms with van der Waals surface area (Å²) in [6.45, 7) is 1.95. The number of anilines is 2. The van der Waals surface area contributed by atoms with Gasteiger partial charge in [-0.2, -0.15) is 13.2 Å². The monoisotopic (exact) mass is 421 g/mol. The molecule has 1 aliphatic heterocycles. The van der Waals surface area contributed by atoms with Gasteiger partial charge in [0.2, 0.25) is 0 Å². The zero-order valence-electron chi connectivity index (χ0n) is 15.0. The van der Waals surface area contributed by atoms with Crippen molar-refractivity contribution in [2.75, 3.05) is 16.8 Å². The Balaban J connectivity index is 1.66. The van der Waals surface area contributed by atoms with Gasteiger partial charge in [-0.3, -0.25) is 19.5 Å². The molecule has 0 aromatic carbocycles. The molecule has 4 heterocycles. The molecular formula is C18H14F3N5O2S. The summed E-state index contributed by atoms with van der Waals surface area (Å²) in [5.41, 5.74) is 0.688. The number of hydrogen-bond acceptors (Lipinski definition) is 5. The molecule has 0 aliphatic carbocycles. The number of fused-ring (bicyclic) bond motifs is 1. The molecule has 0 saturated heterocycles. The van der Waals surface area contributed by atoms with Gasteiger partial charge in [0.15, 0.2) is 5.01 Å². The van der Waals surface area contributed by atoms with Crippen molar-refractivity contribution >= 4 is 34.7 Å². The lowest BCUT2D eigenvalue weighted by Gasteiger charge is -2.32. The van der Waals surface area contributed by atoms with E-state index < -0.39 is 23.0 Å². The Hall–Kier alpha value is -3.21. The zero-order chi connectivity index (χ0) is 20.8. The molecular weight excluding hydrogens is 407 g/mol. The number of rotatable bonds is 3. The highest BCUT2D eigenvalue weighted by Gasteiger charge is 2.38. The van der Waals surface area contributed by atoms with Crippen molar-refractivity contribution in [3.05, 3.63) is 58.4 Å². The Labute approximate surface area is 166 Å². The minimum absolute atomic E-state index is 0.0785. The van der Waals surface area contributed by atoms with Crippen LogP contribution in [-0.4, -0.2) is 32.9 Å². The maximum atomic E-state index is 13.1. The largest absolute Gasteiger partial charge is 0.443 e. The summed E-state index contributed by atoms with van der Waals surface area (Å²) < 4.78 is 40.3. The number of halogens is 3. The Morgan fingerprint density at radius 2 is 2.14 bits per heavy atom. The van der Waals surface area contributed by atoms with Gasteiger partial charge in [0.25, 0.3) is 11.8 Å². The maximum absolute atomic E-state index is 13.1. The molecule has 1 aliphatic rings. The van der Waals surface area contributed by atoms with Gasteiger partial charge >= 0.3 is 6.18 Å². The maximum Gasteiger partial charge on any atom is 0.443 e. The van der Waals surface area contributed by atoms with E-state index in [1.165, 1.54) is 22.5 Å². The third-order valence-corrected chi connectivity index (χ3v) is 5.33. The number of thiazole rings is 1. The fourth-order valence-corrected chi connectivity index (χ4v) is 3.82. The number of nitrogens with zero attached hydrogens (tertiary/aromatic N) is 4. The van der Waals surface area contributed by atoms with Crippen molar-refractivity contribution in [3.8, 4) is 0 Å². The SMILES string of the molecule is C[C@H]1CN(c2csc(C(F)(F)F)n2)C(=O)c2c(C(=O)Nc3cccnc3)ccn21. The number of amides is 2. The number of aromatic nitrogens is 3. The first-order valence-electron chi connectivity index (χ1n) is 8.52. The summed E-state index contributed by atoms with van der Waals surface area (Å²) in [7, 11) is 0. The molecule has 0 unspecified atom stereocenters. The van der Waals surface area contributed by atoms with Crippen LogP contribution in [0.15, 0.2) is 42.2 Å². The summed E-state index contributed by atoms with van der Waals surface area (Å²) >= 11 is 0.426. The summed E-state index contributed by atoms with van der Waals surface area (Å²) in [6.07, 6.45) is 0.0606. The van der Waals surface area contributed by atoms with Crippen molar-refractivity contribution in [2.24, 2.45) is 0 Å². The number of carbonyl (C=O) groups excluding carboxylic acids is 2. The van der Waals surface area contributed by atoms with Crippen LogP contribution in [0.1, 0.15) is 38.8 Å². The fraction of sp³-hybridized carbons (Fsp3) is 0.222. The van der Waals surface area contributed by atoms with Crippen LogP contribution in [0.5, 0.6) is 0 Å². The molecule has 2 amide bonds. The molecule has 0 spiro atoms. The Kier molecular flexibility index (Phi) is 4.61. The summed E-state index contributed by atoms with van der Waals surface area (Å²) in [6, 6.07) is 4.57. The summed E-state index contributed by atoms with van der Waals surface area (Å²) in [5, 5.41) is 2.83. The third kappa shape index (κ3) is 3.48. The van der Waals surface area contributed by atoms with E-state index in [2.05, 4.69) is 15.3 Å². The average Bonchev–Trinajstić information content (AvgIpc) is 3.33. The van der Waals surface area contributed by atoms with Crippen LogP contribution in [0.25, 0.3) is 0 Å². The van der Waals surface area contributed by atoms with Gasteiger partial charge in [-0.15, -0.1) is 11.3 Å². The molecule has 1 atom stereocenters. The second-order valence-electron chi connectivity index (χ2n) is 6.45. The molecule has 4 rings (SSSR count). The zero-order valence-corrected chi connectivity index (χ0v) is 15.8. The molecule has 1 N–H and O–H groups in total. The van der Waals surface area contributed by atoms with Gasteiger partial charge in [-0.1, -0.05) is 0 Å². The van der Waals surface area contributed by atoms with E-state index in [-0.39, 0.29) is 29.7 Å². The van der Waals surface area contributed by atoms with Crippen LogP contribution in [0.4, 0.5) is 24.7 Å². The van der Waals surface area contributed by atoms with Crippen molar-refractivity contribution in [1.82, 2.24) is 14.5 Å². The molecule has 150 valence electrons. The second kappa shape index (κ2) is 6.99. The van der Waals surface area contributed by atoms with Crippen molar-refractivity contribution in [2.45, 2.75) is 19.1 Å². The average molecular weight is 421 g/mol. The number of hydrogen-bond donors (Lipinski definition) is 1. The molecule has 3 aromatic rings. The predicted octanol–water partition coefficient (Wildman–Crippen LogP) is 3.83. The van der Waals surface area contributed by atoms with E-state index in [1.807, 2.05) is 6.92 Å². The van der Waals surface area contributed by atoms with E-state index in [9.17, 15) is 22.8 Å². The van der Waals surface area contributed by atoms with Gasteiger partial charge < -0.3 is 9.88 Å². The molecule has 3 aromatic heterocycles. The van der Waals surface area contributed by atoms with Crippen LogP contribution in [-0.2, 0) is 6.18 Å². The first-order chi connectivity index (χ1) is 13.8. The van der Waals surface area contributed by atoms with Crippen LogP contribution in [0.3, 0.4) is 0 Å². The van der Waals surface area contributed by atoms with Crippen LogP contribution < -0.4 is 10.2 Å². The lowest BCUT2D eigenvalue weighted by molar-refractivity contribution is -0.137. The van der Waals surface area contributed by atoms with Crippen molar-refractivity contribution in [3.63, 3.8) is 0 Å². The number of pyridine rings is 1. The summed E-state index contributed by atoms with van der Waals surface area (Å²) in [4.78, 5) is 34.4. The number of carbonyl (C=O) groups is 2. The predicted molar refractivity (Wildman–Crippen MR) is 100 cm³/mol. The van der Waals surface area contributed by atoms with Gasteiger partial charge in [0.05, 0.1) is 17.4 Å². The molecule has 11 heteroatoms. The highest BCUT2D eigenvalue weighted by Crippen LogP contribution is 2.36. The van der Waals surface area contributed by atoms with Gasteiger partial charge in [0.1, 0.15) is 11.5 Å². The van der Waals surface area contributed by atoms with E-state index in [4.69, 9.17) is 0 Å². The number of nitrogens with one attached hydrogen (secondary N) is 1. The topological polar surface area (TPSA) is 80.1 Å². The molecule has 29 heavy (non-hydrogen) atoms. The minimum atomic E-state index is -4.58. The highest BCUT2D eigenvalue weighted by atomic mass is 32.1. The number of alkyl halides is 3. The molecule has 0 saturated carbocycles. The highest BCUT2D eigenvalue weighted by molar-refractivity contribution is 7.10. The lowest BCUT2D eigenvalue weighted by atomic mass is 10.1. The van der Waals surface area contributed by atoms with Gasteiger partial charge in [0, 0.05) is 30.4 Å². The standard InChI is InChI=1S/C18H14F3N5O2S/c1-10-8-26(13-9-29-17(24-13)18(19,20)21)16(28)14-12(4-6-25(10)14)15(27)23-11-3-2-5-22-7-11/h2-7,9-10H,8H2,1H3,(H,23,27)/t10-/m0/s1. The van der Waals surface area contributed by atoms with Crippen molar-refractivity contribution < 1.29 is 22.8 Å². The lowest BCUT2D eigenvalue weighted by Crippen LogP contribution is -2.43. The van der Waals surface area contributed by atoms with E-state index >= 15 is 0 Å².